The molecular formula is C38H37O7P. The van der Waals surface area contributed by atoms with Crippen molar-refractivity contribution in [2.45, 2.75) is 44.0 Å². The van der Waals surface area contributed by atoms with Crippen molar-refractivity contribution in [3.8, 4) is 11.5 Å². The van der Waals surface area contributed by atoms with Crippen LogP contribution in [0.5, 0.6) is 11.5 Å². The quantitative estimate of drug-likeness (QED) is 0.134. The first kappa shape index (κ1) is 31.9. The zero-order valence-electron chi connectivity index (χ0n) is 25.3. The predicted octanol–water partition coefficient (Wildman–Crippen LogP) is 7.49. The van der Waals surface area contributed by atoms with Crippen molar-refractivity contribution in [1.82, 2.24) is 0 Å². The van der Waals surface area contributed by atoms with Gasteiger partial charge in [-0.05, 0) is 53.1 Å². The van der Waals surface area contributed by atoms with Gasteiger partial charge in [-0.3, -0.25) is 4.57 Å². The fraction of sp³-hybridized carbons (Fsp3) is 0.211. The van der Waals surface area contributed by atoms with Gasteiger partial charge in [0.05, 0.1) is 26.4 Å². The van der Waals surface area contributed by atoms with Gasteiger partial charge < -0.3 is 28.6 Å². The van der Waals surface area contributed by atoms with Crippen LogP contribution in [0.1, 0.15) is 16.7 Å². The third kappa shape index (κ3) is 8.01. The highest BCUT2D eigenvalue weighted by Crippen LogP contribution is 2.57. The second-order valence-electron chi connectivity index (χ2n) is 11.1. The smallest absolute Gasteiger partial charge is 0.262 e. The first-order chi connectivity index (χ1) is 22.6. The Bertz CT molecular complexity index is 1670. The van der Waals surface area contributed by atoms with Crippen LogP contribution in [0.4, 0.5) is 0 Å². The Balaban J connectivity index is 1.29. The van der Waals surface area contributed by atoms with E-state index in [1.54, 1.807) is 24.3 Å². The van der Waals surface area contributed by atoms with E-state index in [9.17, 15) is 9.67 Å². The fourth-order valence-corrected chi connectivity index (χ4v) is 7.71. The van der Waals surface area contributed by atoms with Gasteiger partial charge in [0.25, 0.3) is 7.37 Å². The molecule has 236 valence electrons. The standard InChI is InChI=1S/C38H37O7P/c39-38-37(43-27-31-17-9-3-10-18-31)36(42-26-30-15-7-2-8-16-30)35(28-41-25-29-13-5-1-6-14-29)45-46(38,40)34-23-21-33(22-24-34)44-32-19-11-4-12-20-32/h1-24,35-39H,25-28H2/t35-,36-,37+,38+,46+/m1/s1. The Hall–Kier alpha value is -4.07. The predicted molar refractivity (Wildman–Crippen MR) is 177 cm³/mol. The van der Waals surface area contributed by atoms with Crippen molar-refractivity contribution >= 4 is 12.7 Å². The Morgan fingerprint density at radius 2 is 1.02 bits per heavy atom. The Kier molecular flexibility index (Phi) is 10.7. The summed E-state index contributed by atoms with van der Waals surface area (Å²) < 4.78 is 46.1. The summed E-state index contributed by atoms with van der Waals surface area (Å²) in [5.41, 5.74) is 2.86. The summed E-state index contributed by atoms with van der Waals surface area (Å²) in [5.74, 6) is -0.251. The van der Waals surface area contributed by atoms with Gasteiger partial charge in [0, 0.05) is 5.30 Å². The zero-order valence-corrected chi connectivity index (χ0v) is 26.2. The van der Waals surface area contributed by atoms with Crippen molar-refractivity contribution in [3.05, 3.63) is 162 Å². The summed E-state index contributed by atoms with van der Waals surface area (Å²) >= 11 is 0. The van der Waals surface area contributed by atoms with E-state index in [-0.39, 0.29) is 19.8 Å². The summed E-state index contributed by atoms with van der Waals surface area (Å²) in [4.78, 5) is 0. The van der Waals surface area contributed by atoms with E-state index < -0.39 is 31.5 Å². The first-order valence-corrected chi connectivity index (χ1v) is 17.0. The number of aliphatic hydroxyl groups excluding tert-OH is 1. The summed E-state index contributed by atoms with van der Waals surface area (Å²) in [6, 6.07) is 45.4. The van der Waals surface area contributed by atoms with Crippen LogP contribution in [-0.4, -0.2) is 35.9 Å². The third-order valence-electron chi connectivity index (χ3n) is 7.76. The Morgan fingerprint density at radius 1 is 0.565 bits per heavy atom. The van der Waals surface area contributed by atoms with E-state index >= 15 is 0 Å². The molecule has 46 heavy (non-hydrogen) atoms. The molecule has 1 saturated heterocycles. The Labute approximate surface area is 269 Å². The summed E-state index contributed by atoms with van der Waals surface area (Å²) in [6.07, 6.45) is -2.56. The molecule has 0 saturated carbocycles. The van der Waals surface area contributed by atoms with Crippen LogP contribution in [0.2, 0.25) is 0 Å². The van der Waals surface area contributed by atoms with Crippen molar-refractivity contribution < 1.29 is 33.1 Å². The Morgan fingerprint density at radius 3 is 1.57 bits per heavy atom. The molecular weight excluding hydrogens is 599 g/mol. The van der Waals surface area contributed by atoms with E-state index in [4.69, 9.17) is 23.5 Å². The average molecular weight is 637 g/mol. The molecule has 5 aromatic carbocycles. The van der Waals surface area contributed by atoms with Crippen molar-refractivity contribution in [3.63, 3.8) is 0 Å². The van der Waals surface area contributed by atoms with Crippen molar-refractivity contribution in [1.29, 1.82) is 0 Å². The molecule has 1 N–H and O–H groups in total. The summed E-state index contributed by atoms with van der Waals surface area (Å²) in [7, 11) is -3.92. The molecule has 1 heterocycles. The maximum absolute atomic E-state index is 14.8. The number of aliphatic hydroxyl groups is 1. The van der Waals surface area contributed by atoms with E-state index in [0.29, 0.717) is 23.4 Å². The van der Waals surface area contributed by atoms with Gasteiger partial charge in [0.1, 0.15) is 29.8 Å². The van der Waals surface area contributed by atoms with Crippen LogP contribution < -0.4 is 10.0 Å². The lowest BCUT2D eigenvalue weighted by atomic mass is 10.1. The molecule has 1 fully saturated rings. The normalized spacial score (nSPS) is 22.7. The summed E-state index contributed by atoms with van der Waals surface area (Å²) in [5, 5.41) is 12.2. The minimum absolute atomic E-state index is 0.0749. The van der Waals surface area contributed by atoms with Gasteiger partial charge in [0.2, 0.25) is 0 Å². The fourth-order valence-electron chi connectivity index (χ4n) is 5.37. The molecule has 0 spiro atoms. The van der Waals surface area contributed by atoms with Crippen LogP contribution in [0, 0.1) is 0 Å². The van der Waals surface area contributed by atoms with Gasteiger partial charge in [0.15, 0.2) is 5.85 Å². The SMILES string of the molecule is O=[P@@]1(c2ccc(Oc3ccccc3)cc2)O[C@H](COCc2ccccc2)[C@@H](OCc2ccccc2)[C@H](OCc2ccccc2)[C@H]1O. The number of para-hydroxylation sites is 1. The molecule has 0 unspecified atom stereocenters. The lowest BCUT2D eigenvalue weighted by Gasteiger charge is -2.44. The van der Waals surface area contributed by atoms with Crippen molar-refractivity contribution in [2.24, 2.45) is 0 Å². The average Bonchev–Trinajstić information content (AvgIpc) is 3.11. The number of hydrogen-bond donors (Lipinski definition) is 1. The molecule has 0 aliphatic carbocycles. The highest BCUT2D eigenvalue weighted by molar-refractivity contribution is 7.67. The van der Waals surface area contributed by atoms with Gasteiger partial charge >= 0.3 is 0 Å². The molecule has 8 heteroatoms. The van der Waals surface area contributed by atoms with Crippen LogP contribution >= 0.6 is 7.37 Å². The lowest BCUT2D eigenvalue weighted by molar-refractivity contribution is -0.174. The van der Waals surface area contributed by atoms with Gasteiger partial charge in [-0.15, -0.1) is 0 Å². The van der Waals surface area contributed by atoms with E-state index in [2.05, 4.69) is 0 Å². The molecule has 0 amide bonds. The largest absolute Gasteiger partial charge is 0.457 e. The first-order valence-electron chi connectivity index (χ1n) is 15.3. The number of rotatable bonds is 13. The molecule has 5 aromatic rings. The molecule has 7 nitrogen and oxygen atoms in total. The minimum atomic E-state index is -3.92. The van der Waals surface area contributed by atoms with Gasteiger partial charge in [-0.25, -0.2) is 0 Å². The molecule has 5 atom stereocenters. The number of ether oxygens (including phenoxy) is 4. The summed E-state index contributed by atoms with van der Waals surface area (Å²) in [6.45, 7) is 0.846. The van der Waals surface area contributed by atoms with E-state index in [1.165, 1.54) is 0 Å². The maximum Gasteiger partial charge on any atom is 0.262 e. The van der Waals surface area contributed by atoms with Gasteiger partial charge in [-0.2, -0.15) is 0 Å². The van der Waals surface area contributed by atoms with Crippen LogP contribution in [0.15, 0.2) is 146 Å². The van der Waals surface area contributed by atoms with Crippen LogP contribution in [0.3, 0.4) is 0 Å². The topological polar surface area (TPSA) is 83.5 Å². The monoisotopic (exact) mass is 636 g/mol. The highest BCUT2D eigenvalue weighted by atomic mass is 31.2. The van der Waals surface area contributed by atoms with Gasteiger partial charge in [-0.1, -0.05) is 109 Å². The molecule has 1 aliphatic heterocycles. The molecule has 6 rings (SSSR count). The highest BCUT2D eigenvalue weighted by Gasteiger charge is 2.54. The van der Waals surface area contributed by atoms with E-state index in [0.717, 1.165) is 16.7 Å². The number of benzene rings is 5. The zero-order chi connectivity index (χ0) is 31.6. The van der Waals surface area contributed by atoms with Crippen LogP contribution in [0.25, 0.3) is 0 Å². The molecule has 0 radical (unpaired) electrons. The maximum atomic E-state index is 14.8. The lowest BCUT2D eigenvalue weighted by Crippen LogP contribution is -2.55. The van der Waals surface area contributed by atoms with Crippen LogP contribution in [-0.2, 0) is 43.1 Å². The second kappa shape index (κ2) is 15.5. The third-order valence-corrected chi connectivity index (χ3v) is 10.4. The minimum Gasteiger partial charge on any atom is -0.457 e. The number of hydrogen-bond acceptors (Lipinski definition) is 7. The second-order valence-corrected chi connectivity index (χ2v) is 13.5. The molecule has 1 aliphatic rings. The van der Waals surface area contributed by atoms with Crippen molar-refractivity contribution in [2.75, 3.05) is 6.61 Å². The van der Waals surface area contributed by atoms with E-state index in [1.807, 2.05) is 121 Å². The molecule has 0 bridgehead atoms. The molecule has 0 aromatic heterocycles.